The lowest BCUT2D eigenvalue weighted by atomic mass is 10.1. The molecule has 0 aromatic carbocycles. The number of thioether (sulfide) groups is 1. The van der Waals surface area contributed by atoms with E-state index in [0.29, 0.717) is 22.1 Å². The summed E-state index contributed by atoms with van der Waals surface area (Å²) in [7, 11) is 0. The molecule has 0 saturated heterocycles. The van der Waals surface area contributed by atoms with Crippen molar-refractivity contribution in [1.82, 2.24) is 19.9 Å². The Bertz CT molecular complexity index is 932. The molecule has 25 heavy (non-hydrogen) atoms. The summed E-state index contributed by atoms with van der Waals surface area (Å²) in [5.41, 5.74) is 0.691. The van der Waals surface area contributed by atoms with Gasteiger partial charge in [-0.25, -0.2) is 4.68 Å². The first-order chi connectivity index (χ1) is 11.9. The van der Waals surface area contributed by atoms with E-state index in [-0.39, 0.29) is 10.6 Å². The highest BCUT2D eigenvalue weighted by atomic mass is 35.5. The van der Waals surface area contributed by atoms with Crippen molar-refractivity contribution in [2.75, 3.05) is 0 Å². The summed E-state index contributed by atoms with van der Waals surface area (Å²) in [6.45, 7) is 5.70. The van der Waals surface area contributed by atoms with E-state index in [1.807, 2.05) is 45.0 Å². The standard InChI is InChI=1S/C17H17ClN4O2S/c1-17(2,3)22-16(23)15(18)14(9-20-22)25-10-11-8-13(21-24-11)12-6-4-5-7-19-12/h4-9H,10H2,1-3H3. The van der Waals surface area contributed by atoms with Crippen LogP contribution in [-0.2, 0) is 11.3 Å². The fourth-order valence-corrected chi connectivity index (χ4v) is 3.22. The Kier molecular flexibility index (Phi) is 4.96. The molecule has 130 valence electrons. The molecule has 0 amide bonds. The summed E-state index contributed by atoms with van der Waals surface area (Å²) in [6.07, 6.45) is 3.31. The molecule has 3 rings (SSSR count). The highest BCUT2D eigenvalue weighted by Crippen LogP contribution is 2.28. The minimum Gasteiger partial charge on any atom is -0.360 e. The molecule has 3 aromatic heterocycles. The van der Waals surface area contributed by atoms with E-state index in [0.717, 1.165) is 5.69 Å². The number of halogens is 1. The molecule has 0 fully saturated rings. The lowest BCUT2D eigenvalue weighted by molar-refractivity contribution is 0.336. The molecule has 0 N–H and O–H groups in total. The lowest BCUT2D eigenvalue weighted by Crippen LogP contribution is -2.36. The normalized spacial score (nSPS) is 11.7. The van der Waals surface area contributed by atoms with E-state index in [9.17, 15) is 4.79 Å². The molecule has 0 aliphatic carbocycles. The lowest BCUT2D eigenvalue weighted by Gasteiger charge is -2.20. The smallest absolute Gasteiger partial charge is 0.287 e. The van der Waals surface area contributed by atoms with Crippen LogP contribution in [0.3, 0.4) is 0 Å². The third-order valence-electron chi connectivity index (χ3n) is 3.38. The van der Waals surface area contributed by atoms with Gasteiger partial charge in [0.25, 0.3) is 5.56 Å². The van der Waals surface area contributed by atoms with Gasteiger partial charge in [0, 0.05) is 12.3 Å². The highest BCUT2D eigenvalue weighted by Gasteiger charge is 2.19. The molecule has 3 heterocycles. The zero-order valence-electron chi connectivity index (χ0n) is 14.1. The maximum atomic E-state index is 12.3. The predicted octanol–water partition coefficient (Wildman–Crippen LogP) is 3.99. The van der Waals surface area contributed by atoms with Gasteiger partial charge in [-0.2, -0.15) is 5.10 Å². The van der Waals surface area contributed by atoms with Crippen molar-refractivity contribution in [2.45, 2.75) is 37.0 Å². The Balaban J connectivity index is 1.76. The molecule has 0 saturated carbocycles. The van der Waals surface area contributed by atoms with Crippen LogP contribution < -0.4 is 5.56 Å². The van der Waals surface area contributed by atoms with Gasteiger partial charge < -0.3 is 4.52 Å². The maximum Gasteiger partial charge on any atom is 0.287 e. The van der Waals surface area contributed by atoms with Gasteiger partial charge in [-0.05, 0) is 32.9 Å². The van der Waals surface area contributed by atoms with Crippen LogP contribution in [0.25, 0.3) is 11.4 Å². The van der Waals surface area contributed by atoms with Gasteiger partial charge in [-0.3, -0.25) is 9.78 Å². The molecule has 0 atom stereocenters. The zero-order valence-corrected chi connectivity index (χ0v) is 15.6. The second-order valence-electron chi connectivity index (χ2n) is 6.39. The van der Waals surface area contributed by atoms with E-state index in [1.54, 1.807) is 12.4 Å². The Hall–Kier alpha value is -2.12. The van der Waals surface area contributed by atoms with Crippen molar-refractivity contribution in [2.24, 2.45) is 0 Å². The second-order valence-corrected chi connectivity index (χ2v) is 7.79. The molecule has 0 unspecified atom stereocenters. The summed E-state index contributed by atoms with van der Waals surface area (Å²) in [4.78, 5) is 17.2. The van der Waals surface area contributed by atoms with Gasteiger partial charge in [0.1, 0.15) is 16.5 Å². The van der Waals surface area contributed by atoms with Crippen LogP contribution in [0.5, 0.6) is 0 Å². The van der Waals surface area contributed by atoms with Crippen LogP contribution >= 0.6 is 23.4 Å². The van der Waals surface area contributed by atoms with Gasteiger partial charge >= 0.3 is 0 Å². The summed E-state index contributed by atoms with van der Waals surface area (Å²) in [5, 5.41) is 8.40. The van der Waals surface area contributed by atoms with Gasteiger partial charge in [0.15, 0.2) is 0 Å². The monoisotopic (exact) mass is 376 g/mol. The number of aromatic nitrogens is 4. The first-order valence-corrected chi connectivity index (χ1v) is 9.01. The van der Waals surface area contributed by atoms with E-state index in [1.165, 1.54) is 16.4 Å². The van der Waals surface area contributed by atoms with Gasteiger partial charge in [0.2, 0.25) is 0 Å². The topological polar surface area (TPSA) is 73.8 Å². The van der Waals surface area contributed by atoms with Crippen LogP contribution in [0.15, 0.2) is 50.9 Å². The first kappa shape index (κ1) is 17.7. The SMILES string of the molecule is CC(C)(C)n1ncc(SCc2cc(-c3ccccn3)no2)c(Cl)c1=O. The summed E-state index contributed by atoms with van der Waals surface area (Å²) in [5.74, 6) is 1.15. The van der Waals surface area contributed by atoms with Crippen LogP contribution in [0.4, 0.5) is 0 Å². The van der Waals surface area contributed by atoms with Gasteiger partial charge in [0.05, 0.1) is 28.1 Å². The van der Waals surface area contributed by atoms with E-state index in [4.69, 9.17) is 16.1 Å². The average Bonchev–Trinajstić information content (AvgIpc) is 3.05. The number of pyridine rings is 1. The average molecular weight is 377 g/mol. The molecule has 0 spiro atoms. The largest absolute Gasteiger partial charge is 0.360 e. The van der Waals surface area contributed by atoms with E-state index in [2.05, 4.69) is 15.2 Å². The molecule has 8 heteroatoms. The summed E-state index contributed by atoms with van der Waals surface area (Å²) < 4.78 is 6.71. The molecule has 3 aromatic rings. The Labute approximate surface area is 154 Å². The number of nitrogens with zero attached hydrogens (tertiary/aromatic N) is 4. The maximum absolute atomic E-state index is 12.3. The van der Waals surface area contributed by atoms with Gasteiger partial charge in [-0.1, -0.05) is 22.8 Å². The molecule has 0 aliphatic heterocycles. The van der Waals surface area contributed by atoms with Crippen molar-refractivity contribution < 1.29 is 4.52 Å². The van der Waals surface area contributed by atoms with E-state index < -0.39 is 5.54 Å². The van der Waals surface area contributed by atoms with E-state index >= 15 is 0 Å². The van der Waals surface area contributed by atoms with Crippen molar-refractivity contribution in [3.63, 3.8) is 0 Å². The summed E-state index contributed by atoms with van der Waals surface area (Å²) in [6, 6.07) is 7.42. The highest BCUT2D eigenvalue weighted by molar-refractivity contribution is 7.98. The fraction of sp³-hybridized carbons (Fsp3) is 0.294. The number of hydrogen-bond acceptors (Lipinski definition) is 6. The van der Waals surface area contributed by atoms with Crippen LogP contribution in [-0.4, -0.2) is 19.9 Å². The van der Waals surface area contributed by atoms with Crippen LogP contribution in [0, 0.1) is 0 Å². The predicted molar refractivity (Wildman–Crippen MR) is 97.8 cm³/mol. The number of rotatable bonds is 4. The van der Waals surface area contributed by atoms with Gasteiger partial charge in [-0.15, -0.1) is 11.8 Å². The Morgan fingerprint density at radius 2 is 2.08 bits per heavy atom. The molecular weight excluding hydrogens is 360 g/mol. The molecule has 0 bridgehead atoms. The summed E-state index contributed by atoms with van der Waals surface area (Å²) >= 11 is 7.60. The fourth-order valence-electron chi connectivity index (χ4n) is 2.16. The third-order valence-corrected chi connectivity index (χ3v) is 4.91. The van der Waals surface area contributed by atoms with Crippen molar-refractivity contribution in [3.05, 3.63) is 57.8 Å². The van der Waals surface area contributed by atoms with Crippen LogP contribution in [0.2, 0.25) is 5.02 Å². The Morgan fingerprint density at radius 3 is 2.76 bits per heavy atom. The minimum atomic E-state index is -0.424. The van der Waals surface area contributed by atoms with Crippen molar-refractivity contribution in [3.8, 4) is 11.4 Å². The number of hydrogen-bond donors (Lipinski definition) is 0. The quantitative estimate of drug-likeness (QED) is 0.641. The first-order valence-electron chi connectivity index (χ1n) is 7.64. The molecule has 0 radical (unpaired) electrons. The Morgan fingerprint density at radius 1 is 1.28 bits per heavy atom. The van der Waals surface area contributed by atoms with Crippen molar-refractivity contribution >= 4 is 23.4 Å². The molecular formula is C17H17ClN4O2S. The second kappa shape index (κ2) is 7.01. The minimum absolute atomic E-state index is 0.166. The van der Waals surface area contributed by atoms with Crippen molar-refractivity contribution in [1.29, 1.82) is 0 Å². The third kappa shape index (κ3) is 3.93. The zero-order chi connectivity index (χ0) is 18.0. The molecule has 0 aliphatic rings. The van der Waals surface area contributed by atoms with Crippen LogP contribution in [0.1, 0.15) is 26.5 Å². The molecule has 6 nitrogen and oxygen atoms in total.